The molecule has 0 aromatic rings. The minimum atomic E-state index is 0.997. The normalized spacial score (nSPS) is 36.6. The standard InChI is InChI=1S/C6H8S/c1-2-7-6-3-5(1)4-6/h3,5H,1-2,4H2. The van der Waals surface area contributed by atoms with Gasteiger partial charge in [-0.25, -0.2) is 0 Å². The summed E-state index contributed by atoms with van der Waals surface area (Å²) in [5, 5.41) is 0. The summed E-state index contributed by atoms with van der Waals surface area (Å²) in [7, 11) is 0. The van der Waals surface area contributed by atoms with Gasteiger partial charge in [0.05, 0.1) is 0 Å². The third-order valence-electron chi connectivity index (χ3n) is 1.66. The summed E-state index contributed by atoms with van der Waals surface area (Å²) < 4.78 is 0. The topological polar surface area (TPSA) is 0 Å². The van der Waals surface area contributed by atoms with E-state index in [0.717, 1.165) is 5.92 Å². The summed E-state index contributed by atoms with van der Waals surface area (Å²) in [4.78, 5) is 1.65. The van der Waals surface area contributed by atoms with Gasteiger partial charge in [-0.05, 0) is 29.4 Å². The Hall–Kier alpha value is 0.0900. The van der Waals surface area contributed by atoms with Crippen LogP contribution in [0.25, 0.3) is 0 Å². The van der Waals surface area contributed by atoms with Crippen LogP contribution >= 0.6 is 11.8 Å². The lowest BCUT2D eigenvalue weighted by Crippen LogP contribution is -2.14. The van der Waals surface area contributed by atoms with Crippen LogP contribution in [-0.2, 0) is 0 Å². The number of fused-ring (bicyclic) bond motifs is 2. The Bertz CT molecular complexity index is 115. The van der Waals surface area contributed by atoms with Crippen molar-refractivity contribution in [2.24, 2.45) is 5.92 Å². The first-order chi connectivity index (χ1) is 3.45. The average Bonchev–Trinajstić information content (AvgIpc) is 1.67. The molecule has 0 radical (unpaired) electrons. The molecule has 0 aromatic heterocycles. The highest BCUT2D eigenvalue weighted by molar-refractivity contribution is 8.03. The lowest BCUT2D eigenvalue weighted by Gasteiger charge is -2.30. The maximum Gasteiger partial charge on any atom is -0.00176 e. The van der Waals surface area contributed by atoms with Gasteiger partial charge in [-0.2, -0.15) is 0 Å². The van der Waals surface area contributed by atoms with Crippen LogP contribution in [0, 0.1) is 5.92 Å². The molecule has 1 atom stereocenters. The van der Waals surface area contributed by atoms with Gasteiger partial charge in [0.1, 0.15) is 0 Å². The summed E-state index contributed by atoms with van der Waals surface area (Å²) in [6.07, 6.45) is 5.26. The molecule has 0 amide bonds. The lowest BCUT2D eigenvalue weighted by molar-refractivity contribution is 0.573. The minimum Gasteiger partial charge on any atom is -0.131 e. The molecule has 0 aromatic carbocycles. The number of rotatable bonds is 0. The molecular weight excluding hydrogens is 104 g/mol. The van der Waals surface area contributed by atoms with Gasteiger partial charge >= 0.3 is 0 Å². The van der Waals surface area contributed by atoms with Crippen LogP contribution in [0.15, 0.2) is 11.0 Å². The number of allylic oxidation sites excluding steroid dienone is 2. The third kappa shape index (κ3) is 0.513. The zero-order valence-corrected chi connectivity index (χ0v) is 5.00. The Kier molecular flexibility index (Phi) is 0.736. The van der Waals surface area contributed by atoms with E-state index in [2.05, 4.69) is 6.08 Å². The van der Waals surface area contributed by atoms with Gasteiger partial charge in [-0.15, -0.1) is 11.8 Å². The van der Waals surface area contributed by atoms with Crippen molar-refractivity contribution in [3.8, 4) is 0 Å². The molecule has 3 aliphatic rings. The van der Waals surface area contributed by atoms with Gasteiger partial charge in [0.25, 0.3) is 0 Å². The second-order valence-corrected chi connectivity index (χ2v) is 3.46. The van der Waals surface area contributed by atoms with Crippen LogP contribution in [0.4, 0.5) is 0 Å². The van der Waals surface area contributed by atoms with Crippen molar-refractivity contribution in [2.45, 2.75) is 12.8 Å². The van der Waals surface area contributed by atoms with Gasteiger partial charge in [0, 0.05) is 0 Å². The van der Waals surface area contributed by atoms with E-state index in [1.165, 1.54) is 18.6 Å². The van der Waals surface area contributed by atoms with Crippen LogP contribution < -0.4 is 0 Å². The van der Waals surface area contributed by atoms with Crippen LogP contribution in [0.1, 0.15) is 12.8 Å². The van der Waals surface area contributed by atoms with Crippen LogP contribution in [0.2, 0.25) is 0 Å². The van der Waals surface area contributed by atoms with E-state index in [-0.39, 0.29) is 0 Å². The van der Waals surface area contributed by atoms with Crippen molar-refractivity contribution in [1.82, 2.24) is 0 Å². The van der Waals surface area contributed by atoms with Gasteiger partial charge in [0.15, 0.2) is 0 Å². The van der Waals surface area contributed by atoms with Crippen molar-refractivity contribution in [2.75, 3.05) is 5.75 Å². The number of thioether (sulfide) groups is 1. The zero-order valence-electron chi connectivity index (χ0n) is 4.18. The quantitative estimate of drug-likeness (QED) is 0.462. The predicted molar refractivity (Wildman–Crippen MR) is 33.3 cm³/mol. The highest BCUT2D eigenvalue weighted by Crippen LogP contribution is 2.42. The molecule has 0 nitrogen and oxygen atoms in total. The molecule has 7 heavy (non-hydrogen) atoms. The molecule has 1 unspecified atom stereocenters. The SMILES string of the molecule is C1=C2CC1CCS2. The first kappa shape index (κ1) is 4.02. The van der Waals surface area contributed by atoms with E-state index < -0.39 is 0 Å². The summed E-state index contributed by atoms with van der Waals surface area (Å²) in [5.74, 6) is 2.38. The van der Waals surface area contributed by atoms with Crippen molar-refractivity contribution >= 4 is 11.8 Å². The molecule has 1 heteroatoms. The molecule has 1 fully saturated rings. The highest BCUT2D eigenvalue weighted by Gasteiger charge is 2.23. The Balaban J connectivity index is 2.21. The maximum absolute atomic E-state index is 2.41. The summed E-state index contributed by atoms with van der Waals surface area (Å²) in [6.45, 7) is 0. The number of hydrogen-bond donors (Lipinski definition) is 0. The summed E-state index contributed by atoms with van der Waals surface area (Å²) >= 11 is 2.05. The van der Waals surface area contributed by atoms with Gasteiger partial charge < -0.3 is 0 Å². The molecule has 1 aliphatic carbocycles. The molecule has 0 saturated carbocycles. The molecule has 2 aliphatic heterocycles. The molecule has 0 N–H and O–H groups in total. The fraction of sp³-hybridized carbons (Fsp3) is 0.667. The van der Waals surface area contributed by atoms with E-state index in [4.69, 9.17) is 0 Å². The molecular formula is C6H8S. The predicted octanol–water partition coefficient (Wildman–Crippen LogP) is 2.03. The second kappa shape index (κ2) is 1.28. The van der Waals surface area contributed by atoms with E-state index >= 15 is 0 Å². The first-order valence-corrected chi connectivity index (χ1v) is 3.77. The van der Waals surface area contributed by atoms with Crippen LogP contribution in [0.5, 0.6) is 0 Å². The van der Waals surface area contributed by atoms with Crippen molar-refractivity contribution in [1.29, 1.82) is 0 Å². The molecule has 2 heterocycles. The van der Waals surface area contributed by atoms with Gasteiger partial charge in [0.2, 0.25) is 0 Å². The fourth-order valence-corrected chi connectivity index (χ4v) is 2.43. The average molecular weight is 112 g/mol. The second-order valence-electron chi connectivity index (χ2n) is 2.23. The summed E-state index contributed by atoms with van der Waals surface area (Å²) in [6, 6.07) is 0. The Morgan fingerprint density at radius 2 is 2.57 bits per heavy atom. The largest absolute Gasteiger partial charge is 0.131 e. The van der Waals surface area contributed by atoms with E-state index in [1.54, 1.807) is 4.91 Å². The smallest absolute Gasteiger partial charge is 0.00176 e. The van der Waals surface area contributed by atoms with Crippen molar-refractivity contribution in [3.63, 3.8) is 0 Å². The third-order valence-corrected chi connectivity index (χ3v) is 2.77. The minimum absolute atomic E-state index is 0.997. The van der Waals surface area contributed by atoms with Crippen molar-refractivity contribution < 1.29 is 0 Å². The van der Waals surface area contributed by atoms with Gasteiger partial charge in [-0.1, -0.05) is 6.08 Å². The van der Waals surface area contributed by atoms with Crippen molar-refractivity contribution in [3.05, 3.63) is 11.0 Å². The first-order valence-electron chi connectivity index (χ1n) is 2.78. The Morgan fingerprint density at radius 3 is 2.71 bits per heavy atom. The van der Waals surface area contributed by atoms with E-state index in [0.29, 0.717) is 0 Å². The molecule has 3 rings (SSSR count). The molecule has 2 bridgehead atoms. The maximum atomic E-state index is 2.41. The molecule has 1 saturated heterocycles. The molecule has 38 valence electrons. The fourth-order valence-electron chi connectivity index (χ4n) is 1.12. The van der Waals surface area contributed by atoms with Gasteiger partial charge in [-0.3, -0.25) is 0 Å². The monoisotopic (exact) mass is 112 g/mol. The lowest BCUT2D eigenvalue weighted by atomic mass is 9.92. The summed E-state index contributed by atoms with van der Waals surface area (Å²) in [5.41, 5.74) is 0. The Morgan fingerprint density at radius 1 is 1.71 bits per heavy atom. The van der Waals surface area contributed by atoms with Crippen LogP contribution in [0.3, 0.4) is 0 Å². The number of hydrogen-bond acceptors (Lipinski definition) is 1. The van der Waals surface area contributed by atoms with E-state index in [9.17, 15) is 0 Å². The van der Waals surface area contributed by atoms with E-state index in [1.807, 2.05) is 11.8 Å². The Labute approximate surface area is 48.0 Å². The zero-order chi connectivity index (χ0) is 4.69. The van der Waals surface area contributed by atoms with Crippen LogP contribution in [-0.4, -0.2) is 5.75 Å². The molecule has 0 spiro atoms. The highest BCUT2D eigenvalue weighted by atomic mass is 32.2.